The van der Waals surface area contributed by atoms with Crippen molar-refractivity contribution in [2.24, 2.45) is 17.2 Å². The minimum Gasteiger partial charge on any atom is -0.423 e. The number of rotatable bonds is 12. The molecule has 0 saturated heterocycles. The molecule has 3 amide bonds. The largest absolute Gasteiger partial charge is 0.491 e. The van der Waals surface area contributed by atoms with E-state index in [0.29, 0.717) is 43.9 Å². The molecule has 9 N–H and O–H groups in total. The number of alkyl halides is 3. The van der Waals surface area contributed by atoms with E-state index in [0.717, 1.165) is 29.7 Å². The van der Waals surface area contributed by atoms with Gasteiger partial charge in [0, 0.05) is 38.3 Å². The molecule has 42 heavy (non-hydrogen) atoms. The fourth-order valence-electron chi connectivity index (χ4n) is 3.97. The van der Waals surface area contributed by atoms with Crippen LogP contribution in [0.25, 0.3) is 0 Å². The van der Waals surface area contributed by atoms with Crippen LogP contribution < -0.4 is 33.3 Å². The van der Waals surface area contributed by atoms with Gasteiger partial charge in [0.25, 0.3) is 0 Å². The van der Waals surface area contributed by atoms with Gasteiger partial charge in [-0.2, -0.15) is 13.2 Å². The van der Waals surface area contributed by atoms with Gasteiger partial charge < -0.3 is 42.4 Å². The molecule has 0 aromatic heterocycles. The lowest BCUT2D eigenvalue weighted by Crippen LogP contribution is -2.45. The summed E-state index contributed by atoms with van der Waals surface area (Å²) in [5.74, 6) is -1.15. The predicted octanol–water partition coefficient (Wildman–Crippen LogP) is 0.0803. The van der Waals surface area contributed by atoms with E-state index in [9.17, 15) is 32.6 Å². The average molecular weight is 594 g/mol. The molecule has 230 valence electrons. The molecule has 0 spiro atoms. The van der Waals surface area contributed by atoms with Crippen molar-refractivity contribution in [3.8, 4) is 0 Å². The maximum Gasteiger partial charge on any atom is 0.491 e. The summed E-state index contributed by atoms with van der Waals surface area (Å²) in [4.78, 5) is 37.9. The number of hydrogen-bond acceptors (Lipinski definition) is 8. The van der Waals surface area contributed by atoms with Crippen molar-refractivity contribution in [2.45, 2.75) is 45.0 Å². The Morgan fingerprint density at radius 1 is 1.10 bits per heavy atom. The first kappa shape index (κ1) is 34.7. The number of aryl methyl sites for hydroxylation is 1. The van der Waals surface area contributed by atoms with E-state index < -0.39 is 36.7 Å². The minimum atomic E-state index is -4.22. The zero-order valence-electron chi connectivity index (χ0n) is 23.5. The Bertz CT molecular complexity index is 1180. The van der Waals surface area contributed by atoms with E-state index in [1.807, 2.05) is 6.92 Å². The lowest BCUT2D eigenvalue weighted by Gasteiger charge is -2.22. The summed E-state index contributed by atoms with van der Waals surface area (Å²) in [7, 11) is -1.01. The van der Waals surface area contributed by atoms with Crippen LogP contribution in [0, 0.1) is 0 Å². The molecule has 3 rings (SSSR count). The summed E-state index contributed by atoms with van der Waals surface area (Å²) >= 11 is 0. The Morgan fingerprint density at radius 2 is 1.74 bits per heavy atom. The molecule has 11 nitrogen and oxygen atoms in total. The average Bonchev–Trinajstić information content (AvgIpc) is 3.33. The normalized spacial score (nSPS) is 13.0. The smallest absolute Gasteiger partial charge is 0.423 e. The summed E-state index contributed by atoms with van der Waals surface area (Å²) in [5, 5.41) is 14.8. The molecular weight excluding hydrogens is 556 g/mol. The molecule has 1 aliphatic rings. The van der Waals surface area contributed by atoms with Gasteiger partial charge in [-0.05, 0) is 53.7 Å². The zero-order valence-corrected chi connectivity index (χ0v) is 23.5. The van der Waals surface area contributed by atoms with Gasteiger partial charge in [-0.15, -0.1) is 0 Å². The van der Waals surface area contributed by atoms with Crippen molar-refractivity contribution in [3.63, 3.8) is 0 Å². The molecule has 15 heteroatoms. The molecule has 2 aromatic rings. The second-order valence-electron chi connectivity index (χ2n) is 9.49. The van der Waals surface area contributed by atoms with Crippen molar-refractivity contribution in [3.05, 3.63) is 59.2 Å². The van der Waals surface area contributed by atoms with Gasteiger partial charge >= 0.3 is 13.3 Å². The number of hydrogen-bond donors (Lipinski definition) is 6. The molecular formula is C27H38BF3N6O5. The molecule has 1 atom stereocenters. The van der Waals surface area contributed by atoms with E-state index >= 15 is 0 Å². The first-order chi connectivity index (χ1) is 19.9. The molecule has 0 aliphatic carbocycles. The van der Waals surface area contributed by atoms with Crippen molar-refractivity contribution >= 4 is 36.0 Å². The minimum absolute atomic E-state index is 0.0836. The monoisotopic (exact) mass is 594 g/mol. The topological polar surface area (TPSA) is 186 Å². The number of anilines is 1. The second-order valence-corrected chi connectivity index (χ2v) is 9.49. The number of carbonyl (C=O) groups excluding carboxylic acids is 3. The van der Waals surface area contributed by atoms with Gasteiger partial charge in [0.15, 0.2) is 0 Å². The van der Waals surface area contributed by atoms with Gasteiger partial charge in [-0.1, -0.05) is 25.1 Å². The van der Waals surface area contributed by atoms with E-state index in [1.165, 1.54) is 17.0 Å². The van der Waals surface area contributed by atoms with Gasteiger partial charge in [0.1, 0.15) is 0 Å². The van der Waals surface area contributed by atoms with Crippen LogP contribution in [0.15, 0.2) is 42.5 Å². The fourth-order valence-corrected chi connectivity index (χ4v) is 3.97. The highest BCUT2D eigenvalue weighted by Gasteiger charge is 2.30. The summed E-state index contributed by atoms with van der Waals surface area (Å²) in [6, 6.07) is 9.37. The third-order valence-electron chi connectivity index (χ3n) is 6.36. The standard InChI is InChI=1S/C18H29BN6O5.C9H9F3/c20-5-7-25(8-6-21)17(27)4-3-15(22)18(28)23-10-16(26)24-13-2-1-12-11-30-19(29)14(12)9-13;1-2-7-3-5-8(6-4-7)9(10,11)12/h1-2,9,15,29H,3-8,10-11,20-22H2,(H,23,28)(H,24,26);3-6H,2H2,1H3. The molecule has 1 aliphatic heterocycles. The number of carbonyl (C=O) groups is 3. The van der Waals surface area contributed by atoms with E-state index in [2.05, 4.69) is 10.6 Å². The van der Waals surface area contributed by atoms with E-state index in [1.54, 1.807) is 18.2 Å². The highest BCUT2D eigenvalue weighted by Crippen LogP contribution is 2.29. The van der Waals surface area contributed by atoms with Crippen LogP contribution in [-0.4, -0.2) is 73.5 Å². The SMILES string of the molecule is CCc1ccc(C(F)(F)F)cc1.NCCN(CCN)C(=O)CCC(N)C(=O)NCC(=O)Nc1ccc2c(c1)B(O)OC2. The molecule has 0 saturated carbocycles. The summed E-state index contributed by atoms with van der Waals surface area (Å²) < 4.78 is 41.2. The summed E-state index contributed by atoms with van der Waals surface area (Å²) in [6.07, 6.45) is -3.23. The third-order valence-corrected chi connectivity index (χ3v) is 6.36. The number of fused-ring (bicyclic) bond motifs is 1. The Labute approximate surface area is 243 Å². The van der Waals surface area contributed by atoms with Crippen molar-refractivity contribution in [2.75, 3.05) is 38.0 Å². The quantitative estimate of drug-likeness (QED) is 0.187. The molecule has 1 heterocycles. The maximum atomic E-state index is 12.2. The lowest BCUT2D eigenvalue weighted by molar-refractivity contribution is -0.137. The van der Waals surface area contributed by atoms with Gasteiger partial charge in [0.2, 0.25) is 17.7 Å². The summed E-state index contributed by atoms with van der Waals surface area (Å²) in [6.45, 7) is 3.38. The van der Waals surface area contributed by atoms with Crippen LogP contribution in [0.1, 0.15) is 36.5 Å². The van der Waals surface area contributed by atoms with Crippen molar-refractivity contribution < 1.29 is 37.2 Å². The van der Waals surface area contributed by atoms with Crippen LogP contribution in [0.4, 0.5) is 18.9 Å². The Balaban J connectivity index is 0.000000428. The lowest BCUT2D eigenvalue weighted by atomic mass is 9.79. The highest BCUT2D eigenvalue weighted by molar-refractivity contribution is 6.61. The maximum absolute atomic E-state index is 12.2. The van der Waals surface area contributed by atoms with Crippen LogP contribution in [-0.2, 0) is 38.2 Å². The number of halogens is 3. The third kappa shape index (κ3) is 11.1. The predicted molar refractivity (Wildman–Crippen MR) is 153 cm³/mol. The Kier molecular flexibility index (Phi) is 13.9. The van der Waals surface area contributed by atoms with E-state index in [4.69, 9.17) is 21.9 Å². The number of nitrogens with zero attached hydrogens (tertiary/aromatic N) is 1. The second kappa shape index (κ2) is 16.8. The van der Waals surface area contributed by atoms with Gasteiger partial charge in [-0.25, -0.2) is 0 Å². The first-order valence-electron chi connectivity index (χ1n) is 13.5. The van der Waals surface area contributed by atoms with Crippen LogP contribution >= 0.6 is 0 Å². The van der Waals surface area contributed by atoms with E-state index in [-0.39, 0.29) is 25.3 Å². The number of benzene rings is 2. The van der Waals surface area contributed by atoms with Crippen LogP contribution in [0.3, 0.4) is 0 Å². The molecule has 0 radical (unpaired) electrons. The highest BCUT2D eigenvalue weighted by atomic mass is 19.4. The number of amides is 3. The Morgan fingerprint density at radius 3 is 2.31 bits per heavy atom. The summed E-state index contributed by atoms with van der Waals surface area (Å²) in [5.41, 5.74) is 19.0. The van der Waals surface area contributed by atoms with Crippen molar-refractivity contribution in [1.82, 2.24) is 10.2 Å². The fraction of sp³-hybridized carbons (Fsp3) is 0.444. The molecule has 1 unspecified atom stereocenters. The Hall–Kier alpha value is -3.50. The van der Waals surface area contributed by atoms with Crippen LogP contribution in [0.5, 0.6) is 0 Å². The number of nitrogens with two attached hydrogens (primary N) is 3. The number of nitrogens with one attached hydrogen (secondary N) is 2. The zero-order chi connectivity index (χ0) is 31.3. The molecule has 2 aromatic carbocycles. The first-order valence-corrected chi connectivity index (χ1v) is 13.5. The van der Waals surface area contributed by atoms with Gasteiger partial charge in [0.05, 0.1) is 24.8 Å². The van der Waals surface area contributed by atoms with Crippen LogP contribution in [0.2, 0.25) is 0 Å². The molecule has 0 fully saturated rings. The van der Waals surface area contributed by atoms with Crippen molar-refractivity contribution in [1.29, 1.82) is 0 Å². The molecule has 0 bridgehead atoms. The van der Waals surface area contributed by atoms with Gasteiger partial charge in [-0.3, -0.25) is 14.4 Å².